The number of ether oxygens (including phenoxy) is 2. The summed E-state index contributed by atoms with van der Waals surface area (Å²) in [5.74, 6) is 0.255. The van der Waals surface area contributed by atoms with Crippen LogP contribution in [0.1, 0.15) is 52.4 Å². The molecule has 1 N–H and O–H groups in total. The maximum Gasteiger partial charge on any atom is 0.522 e. The molecule has 1 amide bonds. The van der Waals surface area contributed by atoms with Crippen molar-refractivity contribution in [2.24, 2.45) is 0 Å². The Morgan fingerprint density at radius 3 is 2.56 bits per heavy atom. The topological polar surface area (TPSA) is 133 Å². The lowest BCUT2D eigenvalue weighted by Crippen LogP contribution is -2.48. The van der Waals surface area contributed by atoms with E-state index in [0.29, 0.717) is 75.1 Å². The second kappa shape index (κ2) is 14.2. The van der Waals surface area contributed by atoms with Crippen molar-refractivity contribution < 1.29 is 35.9 Å². The molecule has 50 heavy (non-hydrogen) atoms. The smallest absolute Gasteiger partial charge is 0.491 e. The van der Waals surface area contributed by atoms with E-state index in [1.54, 1.807) is 42.0 Å². The molecule has 0 bridgehead atoms. The molecule has 4 aromatic rings. The third-order valence-corrected chi connectivity index (χ3v) is 10.8. The number of nitrogens with one attached hydrogen (secondary N) is 1. The summed E-state index contributed by atoms with van der Waals surface area (Å²) in [6, 6.07) is 7.00. The van der Waals surface area contributed by atoms with Crippen molar-refractivity contribution in [1.29, 1.82) is 0 Å². The van der Waals surface area contributed by atoms with Crippen molar-refractivity contribution in [1.82, 2.24) is 24.2 Å². The van der Waals surface area contributed by atoms with Gasteiger partial charge in [0.25, 0.3) is 11.5 Å². The highest BCUT2D eigenvalue weighted by atomic mass is 35.5. The van der Waals surface area contributed by atoms with Gasteiger partial charge in [-0.05, 0) is 70.2 Å². The van der Waals surface area contributed by atoms with Gasteiger partial charge in [0.05, 0.1) is 40.4 Å². The van der Waals surface area contributed by atoms with Crippen LogP contribution in [0.15, 0.2) is 34.4 Å². The first-order valence-electron chi connectivity index (χ1n) is 16.0. The quantitative estimate of drug-likeness (QED) is 0.238. The van der Waals surface area contributed by atoms with Gasteiger partial charge < -0.3 is 4.74 Å². The van der Waals surface area contributed by atoms with Crippen LogP contribution in [0.3, 0.4) is 0 Å². The van der Waals surface area contributed by atoms with Crippen molar-refractivity contribution >= 4 is 49.1 Å². The van der Waals surface area contributed by atoms with E-state index in [0.717, 1.165) is 18.4 Å². The SMILES string of the molecule is Cc1cc(-c2cc(Cl)ccc2OCCn2c(C)nc3c(c2=O)C[C@@H](N2CCC(OC(F)(F)F)CC2)CC3)c2scc(C(=O)NS(C)(=O)=O)c2n1. The molecule has 0 saturated carbocycles. The third-order valence-electron chi connectivity index (χ3n) is 8.96. The van der Waals surface area contributed by atoms with E-state index in [4.69, 9.17) is 21.3 Å². The fourth-order valence-electron chi connectivity index (χ4n) is 6.74. The minimum absolute atomic E-state index is 0.0312. The summed E-state index contributed by atoms with van der Waals surface area (Å²) >= 11 is 7.66. The van der Waals surface area contributed by atoms with Crippen LogP contribution in [-0.2, 0) is 34.1 Å². The Bertz CT molecular complexity index is 2110. The largest absolute Gasteiger partial charge is 0.522 e. The second-order valence-corrected chi connectivity index (χ2v) is 15.6. The number of amides is 1. The predicted molar refractivity (Wildman–Crippen MR) is 183 cm³/mol. The number of thiophene rings is 1. The number of pyridine rings is 1. The number of rotatable bonds is 9. The average molecular weight is 754 g/mol. The maximum atomic E-state index is 13.8. The number of fused-ring (bicyclic) bond motifs is 2. The summed E-state index contributed by atoms with van der Waals surface area (Å²) in [6.45, 7) is 4.79. The maximum absolute atomic E-state index is 13.8. The van der Waals surface area contributed by atoms with E-state index in [1.807, 2.05) is 10.8 Å². The van der Waals surface area contributed by atoms with Crippen molar-refractivity contribution in [3.05, 3.63) is 73.4 Å². The van der Waals surface area contributed by atoms with Crippen LogP contribution >= 0.6 is 22.9 Å². The Kier molecular flexibility index (Phi) is 10.3. The zero-order valence-electron chi connectivity index (χ0n) is 27.5. The number of carbonyl (C=O) groups excluding carboxylic acids is 1. The van der Waals surface area contributed by atoms with E-state index in [2.05, 4.69) is 14.6 Å². The number of aromatic nitrogens is 3. The Labute approximate surface area is 295 Å². The molecule has 11 nitrogen and oxygen atoms in total. The first kappa shape index (κ1) is 36.2. The van der Waals surface area contributed by atoms with E-state index >= 15 is 0 Å². The molecule has 268 valence electrons. The molecule has 1 fully saturated rings. The standard InChI is InChI=1S/C33H35ClF3N5O6S2/c1-18-14-24(30-29(38-18)26(17-49-30)31(43)40-50(3,45)46)23-15-20(34)4-7-28(23)47-13-12-42-19(2)39-27-6-5-21(16-25(27)32(42)44)41-10-8-22(9-11-41)48-33(35,36)37/h4,7,14-15,17,21-22H,5-6,8-13,16H2,1-3H3,(H,40,43)/t21-/m0/s1. The minimum Gasteiger partial charge on any atom is -0.491 e. The molecule has 0 radical (unpaired) electrons. The van der Waals surface area contributed by atoms with Crippen molar-refractivity contribution in [3.63, 3.8) is 0 Å². The number of benzene rings is 1. The lowest BCUT2D eigenvalue weighted by Gasteiger charge is -2.39. The molecule has 1 aromatic carbocycles. The fourth-order valence-corrected chi connectivity index (χ4v) is 8.38. The number of aryl methyl sites for hydroxylation is 3. The van der Waals surface area contributed by atoms with Gasteiger partial charge in [0.15, 0.2) is 0 Å². The van der Waals surface area contributed by atoms with E-state index in [-0.39, 0.29) is 43.2 Å². The average Bonchev–Trinajstić information content (AvgIpc) is 3.45. The fraction of sp³-hybridized carbons (Fsp3) is 0.455. The van der Waals surface area contributed by atoms with Crippen LogP contribution < -0.4 is 15.0 Å². The minimum atomic E-state index is -4.65. The number of hydrogen-bond donors (Lipinski definition) is 1. The van der Waals surface area contributed by atoms with E-state index < -0.39 is 28.4 Å². The molecular weight excluding hydrogens is 719 g/mol. The van der Waals surface area contributed by atoms with Crippen molar-refractivity contribution in [2.45, 2.75) is 71.0 Å². The molecule has 0 spiro atoms. The van der Waals surface area contributed by atoms with Crippen LogP contribution in [0.4, 0.5) is 13.2 Å². The molecule has 2 aliphatic rings. The number of hydrogen-bond acceptors (Lipinski definition) is 10. The molecule has 1 atom stereocenters. The van der Waals surface area contributed by atoms with Crippen molar-refractivity contribution in [2.75, 3.05) is 26.0 Å². The van der Waals surface area contributed by atoms with Gasteiger partial charge in [-0.25, -0.2) is 18.1 Å². The number of sulfonamides is 1. The summed E-state index contributed by atoms with van der Waals surface area (Å²) in [7, 11) is -3.79. The molecule has 1 aliphatic heterocycles. The number of carbonyl (C=O) groups is 1. The molecule has 3 aromatic heterocycles. The van der Waals surface area contributed by atoms with Gasteiger partial charge in [0, 0.05) is 51.9 Å². The summed E-state index contributed by atoms with van der Waals surface area (Å²) in [5, 5.41) is 2.00. The predicted octanol–water partition coefficient (Wildman–Crippen LogP) is 5.42. The molecule has 17 heteroatoms. The lowest BCUT2D eigenvalue weighted by molar-refractivity contribution is -0.346. The highest BCUT2D eigenvalue weighted by Gasteiger charge is 2.37. The Morgan fingerprint density at radius 1 is 1.12 bits per heavy atom. The first-order valence-corrected chi connectivity index (χ1v) is 19.1. The van der Waals surface area contributed by atoms with Crippen LogP contribution in [0, 0.1) is 13.8 Å². The van der Waals surface area contributed by atoms with Gasteiger partial charge in [-0.1, -0.05) is 11.6 Å². The highest BCUT2D eigenvalue weighted by Crippen LogP contribution is 2.40. The number of piperidine rings is 1. The van der Waals surface area contributed by atoms with Crippen molar-refractivity contribution in [3.8, 4) is 16.9 Å². The number of nitrogens with zero attached hydrogens (tertiary/aromatic N) is 4. The molecular formula is C33H35ClF3N5O6S2. The van der Waals surface area contributed by atoms with E-state index in [9.17, 15) is 31.2 Å². The zero-order valence-corrected chi connectivity index (χ0v) is 29.9. The van der Waals surface area contributed by atoms with Crippen LogP contribution in [0.5, 0.6) is 5.75 Å². The molecule has 4 heterocycles. The third kappa shape index (κ3) is 8.15. The normalized spacial score (nSPS) is 17.5. The summed E-state index contributed by atoms with van der Waals surface area (Å²) in [4.78, 5) is 37.9. The van der Waals surface area contributed by atoms with Crippen LogP contribution in [0.2, 0.25) is 5.02 Å². The number of likely N-dealkylation sites (tertiary alicyclic amines) is 1. The molecule has 0 unspecified atom stereocenters. The van der Waals surface area contributed by atoms with Gasteiger partial charge in [-0.3, -0.25) is 28.8 Å². The summed E-state index contributed by atoms with van der Waals surface area (Å²) in [5.41, 5.74) is 3.60. The van der Waals surface area contributed by atoms with E-state index in [1.165, 1.54) is 11.3 Å². The summed E-state index contributed by atoms with van der Waals surface area (Å²) in [6.07, 6.45) is -2.19. The zero-order chi connectivity index (χ0) is 36.0. The number of alkyl halides is 3. The number of halogens is 4. The Morgan fingerprint density at radius 2 is 1.86 bits per heavy atom. The molecule has 1 saturated heterocycles. The van der Waals surface area contributed by atoms with Gasteiger partial charge in [-0.15, -0.1) is 24.5 Å². The summed E-state index contributed by atoms with van der Waals surface area (Å²) < 4.78 is 76.2. The monoisotopic (exact) mass is 753 g/mol. The molecule has 6 rings (SSSR count). The Hall–Kier alpha value is -3.57. The second-order valence-electron chi connectivity index (χ2n) is 12.6. The van der Waals surface area contributed by atoms with Crippen LogP contribution in [-0.4, -0.2) is 78.2 Å². The highest BCUT2D eigenvalue weighted by molar-refractivity contribution is 7.89. The van der Waals surface area contributed by atoms with Gasteiger partial charge in [0.2, 0.25) is 10.0 Å². The lowest BCUT2D eigenvalue weighted by atomic mass is 9.90. The van der Waals surface area contributed by atoms with Gasteiger partial charge in [-0.2, -0.15) is 0 Å². The van der Waals surface area contributed by atoms with Gasteiger partial charge >= 0.3 is 6.36 Å². The van der Waals surface area contributed by atoms with Crippen LogP contribution in [0.25, 0.3) is 21.3 Å². The first-order chi connectivity index (χ1) is 23.6. The molecule has 1 aliphatic carbocycles. The Balaban J connectivity index is 1.19. The van der Waals surface area contributed by atoms with Gasteiger partial charge in [0.1, 0.15) is 18.2 Å².